The first-order valence-electron chi connectivity index (χ1n) is 9.53. The van der Waals surface area contributed by atoms with Crippen molar-refractivity contribution in [3.63, 3.8) is 0 Å². The zero-order valence-electron chi connectivity index (χ0n) is 16.6. The van der Waals surface area contributed by atoms with Crippen LogP contribution < -0.4 is 10.1 Å². The highest BCUT2D eigenvalue weighted by Crippen LogP contribution is 2.20. The molecule has 158 valence electrons. The molecular formula is C23H19ClFN3O3. The van der Waals surface area contributed by atoms with Gasteiger partial charge in [0.15, 0.2) is 5.76 Å². The van der Waals surface area contributed by atoms with E-state index in [1.807, 2.05) is 31.2 Å². The second-order valence-corrected chi connectivity index (χ2v) is 7.34. The van der Waals surface area contributed by atoms with Gasteiger partial charge < -0.3 is 14.5 Å². The minimum atomic E-state index is -0.401. The molecule has 0 saturated heterocycles. The molecule has 8 heteroatoms. The van der Waals surface area contributed by atoms with Crippen LogP contribution in [0.15, 0.2) is 71.4 Å². The van der Waals surface area contributed by atoms with Crippen molar-refractivity contribution in [2.75, 3.05) is 5.32 Å². The average molecular weight is 440 g/mol. The minimum Gasteiger partial charge on any atom is -0.485 e. The van der Waals surface area contributed by atoms with E-state index in [0.29, 0.717) is 28.6 Å². The molecular weight excluding hydrogens is 421 g/mol. The number of amides is 1. The smallest absolute Gasteiger partial charge is 0.291 e. The van der Waals surface area contributed by atoms with Gasteiger partial charge in [-0.15, -0.1) is 0 Å². The lowest BCUT2D eigenvalue weighted by Gasteiger charge is -2.06. The molecule has 0 saturated carbocycles. The Morgan fingerprint density at radius 2 is 2.06 bits per heavy atom. The molecule has 1 N–H and O–H groups in total. The molecule has 0 bridgehead atoms. The van der Waals surface area contributed by atoms with Crippen LogP contribution in [0.2, 0.25) is 5.02 Å². The number of nitrogens with zero attached hydrogens (tertiary/aromatic N) is 2. The Balaban J connectivity index is 1.35. The van der Waals surface area contributed by atoms with Crippen molar-refractivity contribution < 1.29 is 18.3 Å². The van der Waals surface area contributed by atoms with Crippen LogP contribution in [0.1, 0.15) is 27.4 Å². The fraction of sp³-hybridized carbons (Fsp3) is 0.130. The summed E-state index contributed by atoms with van der Waals surface area (Å²) < 4.78 is 26.1. The normalized spacial score (nSPS) is 10.8. The molecule has 0 atom stereocenters. The number of rotatable bonds is 7. The predicted octanol–water partition coefficient (Wildman–Crippen LogP) is 5.46. The van der Waals surface area contributed by atoms with Crippen molar-refractivity contribution in [1.82, 2.24) is 9.78 Å². The first-order valence-corrected chi connectivity index (χ1v) is 9.90. The molecule has 31 heavy (non-hydrogen) atoms. The van der Waals surface area contributed by atoms with Gasteiger partial charge in [-0.3, -0.25) is 9.48 Å². The van der Waals surface area contributed by atoms with Gasteiger partial charge in [0.1, 0.15) is 23.9 Å². The van der Waals surface area contributed by atoms with Crippen LogP contribution in [0.3, 0.4) is 0 Å². The van der Waals surface area contributed by atoms with Crippen LogP contribution in [-0.2, 0) is 13.2 Å². The molecule has 1 amide bonds. The van der Waals surface area contributed by atoms with Crippen molar-refractivity contribution in [2.45, 2.75) is 20.1 Å². The molecule has 0 spiro atoms. The van der Waals surface area contributed by atoms with Crippen LogP contribution in [0, 0.1) is 12.7 Å². The maximum Gasteiger partial charge on any atom is 0.291 e. The molecule has 0 unspecified atom stereocenters. The summed E-state index contributed by atoms with van der Waals surface area (Å²) in [7, 11) is 0. The van der Waals surface area contributed by atoms with E-state index in [4.69, 9.17) is 20.8 Å². The largest absolute Gasteiger partial charge is 0.485 e. The topological polar surface area (TPSA) is 69.3 Å². The van der Waals surface area contributed by atoms with E-state index in [1.165, 1.54) is 18.3 Å². The van der Waals surface area contributed by atoms with E-state index in [2.05, 4.69) is 10.4 Å². The summed E-state index contributed by atoms with van der Waals surface area (Å²) in [4.78, 5) is 12.5. The van der Waals surface area contributed by atoms with Gasteiger partial charge in [0.05, 0.1) is 18.4 Å². The van der Waals surface area contributed by atoms with E-state index in [1.54, 1.807) is 29.1 Å². The lowest BCUT2D eigenvalue weighted by molar-refractivity contribution is 0.0992. The van der Waals surface area contributed by atoms with Crippen LogP contribution >= 0.6 is 11.6 Å². The van der Waals surface area contributed by atoms with E-state index in [0.717, 1.165) is 11.3 Å². The number of nitrogens with one attached hydrogen (secondary N) is 1. The second kappa shape index (κ2) is 9.06. The molecule has 2 aromatic heterocycles. The van der Waals surface area contributed by atoms with Crippen molar-refractivity contribution in [3.8, 4) is 5.75 Å². The zero-order chi connectivity index (χ0) is 21.8. The number of aromatic nitrogens is 2. The zero-order valence-corrected chi connectivity index (χ0v) is 17.4. The van der Waals surface area contributed by atoms with Crippen LogP contribution in [0.4, 0.5) is 10.1 Å². The highest BCUT2D eigenvalue weighted by atomic mass is 35.5. The quantitative estimate of drug-likeness (QED) is 0.415. The molecule has 4 aromatic rings. The monoisotopic (exact) mass is 439 g/mol. The van der Waals surface area contributed by atoms with Gasteiger partial charge in [-0.2, -0.15) is 5.10 Å². The molecule has 0 aliphatic rings. The number of benzene rings is 2. The van der Waals surface area contributed by atoms with Crippen LogP contribution in [-0.4, -0.2) is 15.7 Å². The fourth-order valence-electron chi connectivity index (χ4n) is 2.98. The highest BCUT2D eigenvalue weighted by molar-refractivity contribution is 6.31. The first-order chi connectivity index (χ1) is 15.0. The van der Waals surface area contributed by atoms with E-state index in [-0.39, 0.29) is 12.4 Å². The molecule has 0 radical (unpaired) electrons. The minimum absolute atomic E-state index is 0.165. The third-order valence-corrected chi connectivity index (χ3v) is 4.94. The van der Waals surface area contributed by atoms with Gasteiger partial charge in [-0.1, -0.05) is 35.9 Å². The summed E-state index contributed by atoms with van der Waals surface area (Å²) in [5.74, 6) is 0.664. The van der Waals surface area contributed by atoms with Crippen LogP contribution in [0.25, 0.3) is 0 Å². The molecule has 2 heterocycles. The van der Waals surface area contributed by atoms with Crippen molar-refractivity contribution >= 4 is 23.2 Å². The van der Waals surface area contributed by atoms with E-state index in [9.17, 15) is 9.18 Å². The third-order valence-electron chi connectivity index (χ3n) is 4.59. The fourth-order valence-corrected chi connectivity index (χ4v) is 3.20. The summed E-state index contributed by atoms with van der Waals surface area (Å²) in [6.45, 7) is 2.52. The predicted molar refractivity (Wildman–Crippen MR) is 115 cm³/mol. The second-order valence-electron chi connectivity index (χ2n) is 6.94. The molecule has 0 aliphatic carbocycles. The summed E-state index contributed by atoms with van der Waals surface area (Å²) in [5.41, 5.74) is 2.23. The Bertz CT molecular complexity index is 1220. The molecule has 2 aromatic carbocycles. The lowest BCUT2D eigenvalue weighted by Crippen LogP contribution is -2.10. The van der Waals surface area contributed by atoms with E-state index >= 15 is 0 Å². The molecule has 0 aliphatic heterocycles. The third kappa shape index (κ3) is 5.13. The maximum atomic E-state index is 13.2. The Labute approximate surface area is 183 Å². The van der Waals surface area contributed by atoms with Crippen LogP contribution in [0.5, 0.6) is 5.75 Å². The number of hydrogen-bond donors (Lipinski definition) is 1. The number of ether oxygens (including phenoxy) is 1. The SMILES string of the molecule is Cc1ccccc1OCc1ccc(C(=O)Nc2cnn(Cc3ccc(F)cc3Cl)c2)o1. The number of para-hydroxylation sites is 1. The van der Waals surface area contributed by atoms with E-state index < -0.39 is 11.7 Å². The van der Waals surface area contributed by atoms with Gasteiger partial charge in [-0.25, -0.2) is 4.39 Å². The van der Waals surface area contributed by atoms with Gasteiger partial charge in [-0.05, 0) is 48.4 Å². The lowest BCUT2D eigenvalue weighted by atomic mass is 10.2. The molecule has 6 nitrogen and oxygen atoms in total. The van der Waals surface area contributed by atoms with Gasteiger partial charge in [0.25, 0.3) is 5.91 Å². The van der Waals surface area contributed by atoms with Crippen molar-refractivity contribution in [1.29, 1.82) is 0 Å². The molecule has 4 rings (SSSR count). The Morgan fingerprint density at radius 3 is 2.87 bits per heavy atom. The van der Waals surface area contributed by atoms with Crippen molar-refractivity contribution in [3.05, 3.63) is 100 Å². The number of hydrogen-bond acceptors (Lipinski definition) is 4. The number of aryl methyl sites for hydroxylation is 1. The maximum absolute atomic E-state index is 13.2. The summed E-state index contributed by atoms with van der Waals surface area (Å²) >= 11 is 6.05. The highest BCUT2D eigenvalue weighted by Gasteiger charge is 2.13. The van der Waals surface area contributed by atoms with Gasteiger partial charge >= 0.3 is 0 Å². The van der Waals surface area contributed by atoms with Gasteiger partial charge in [0, 0.05) is 11.2 Å². The Hall–Kier alpha value is -3.58. The molecule has 0 fully saturated rings. The van der Waals surface area contributed by atoms with Gasteiger partial charge in [0.2, 0.25) is 0 Å². The number of carbonyl (C=O) groups is 1. The summed E-state index contributed by atoms with van der Waals surface area (Å²) in [6, 6.07) is 15.2. The summed E-state index contributed by atoms with van der Waals surface area (Å²) in [5, 5.41) is 7.25. The first kappa shape index (κ1) is 20.7. The average Bonchev–Trinajstić information content (AvgIpc) is 3.39. The van der Waals surface area contributed by atoms with Crippen molar-refractivity contribution in [2.24, 2.45) is 0 Å². The Morgan fingerprint density at radius 1 is 1.23 bits per heavy atom. The standard InChI is InChI=1S/C23H19ClFN3O3/c1-15-4-2-3-5-21(15)30-14-19-8-9-22(31-19)23(29)27-18-11-26-28(13-18)12-16-6-7-17(25)10-20(16)24/h2-11,13H,12,14H2,1H3,(H,27,29). The number of carbonyl (C=O) groups excluding carboxylic acids is 1. The number of furan rings is 1. The number of halogens is 2. The number of anilines is 1. The summed E-state index contributed by atoms with van der Waals surface area (Å²) in [6.07, 6.45) is 3.17. The Kier molecular flexibility index (Phi) is 6.04.